The number of piperidine rings is 1. The molecule has 2 atom stereocenters. The quantitative estimate of drug-likeness (QED) is 0.175. The van der Waals surface area contributed by atoms with Crippen molar-refractivity contribution in [3.8, 4) is 0 Å². The van der Waals surface area contributed by atoms with Crippen molar-refractivity contribution in [2.75, 3.05) is 53.4 Å². The van der Waals surface area contributed by atoms with E-state index >= 15 is 0 Å². The lowest BCUT2D eigenvalue weighted by Crippen LogP contribution is -2.46. The summed E-state index contributed by atoms with van der Waals surface area (Å²) in [5.41, 5.74) is 1.58. The van der Waals surface area contributed by atoms with Crippen LogP contribution in [-0.2, 0) is 16.0 Å². The Morgan fingerprint density at radius 2 is 1.54 bits per heavy atom. The number of aryl methyl sites for hydroxylation is 1. The number of rotatable bonds is 20. The van der Waals surface area contributed by atoms with Crippen molar-refractivity contribution in [3.63, 3.8) is 0 Å². The Hall–Kier alpha value is -3.90. The number of likely N-dealkylation sites (tertiary alicyclic amines) is 1. The van der Waals surface area contributed by atoms with Crippen LogP contribution in [-0.4, -0.2) is 109 Å². The maximum absolute atomic E-state index is 14.1. The fourth-order valence-electron chi connectivity index (χ4n) is 6.75. The standard InChI is InChI=1S/C40H59F2N5O5/c1-6-16-47(17-7-2)40(52)32-22-28(3)21-31(26-32)39(51)44-35(25-30-23-33(41)27-34(42)24-30)36(48)12-15-43-37(49)11-10-29-13-19-46(20-14-29)38(50)9-8-18-45(4)5/h21-24,26-27,29,35-36,48H,6-20,25H2,1-5H3,(H,43,49)(H,44,51)/t35-,36+/m1/s1. The third-order valence-electron chi connectivity index (χ3n) is 9.52. The van der Waals surface area contributed by atoms with Crippen molar-refractivity contribution in [3.05, 3.63) is 70.3 Å². The zero-order chi connectivity index (χ0) is 38.2. The van der Waals surface area contributed by atoms with E-state index < -0.39 is 29.7 Å². The van der Waals surface area contributed by atoms with E-state index in [-0.39, 0.29) is 48.2 Å². The van der Waals surface area contributed by atoms with E-state index in [1.807, 2.05) is 32.8 Å². The Balaban J connectivity index is 1.58. The van der Waals surface area contributed by atoms with Gasteiger partial charge in [0.2, 0.25) is 11.8 Å². The lowest BCUT2D eigenvalue weighted by Gasteiger charge is -2.32. The molecule has 0 aliphatic carbocycles. The van der Waals surface area contributed by atoms with Crippen molar-refractivity contribution in [1.82, 2.24) is 25.3 Å². The molecule has 1 saturated heterocycles. The van der Waals surface area contributed by atoms with Gasteiger partial charge in [-0.3, -0.25) is 19.2 Å². The summed E-state index contributed by atoms with van der Waals surface area (Å²) in [4.78, 5) is 57.9. The van der Waals surface area contributed by atoms with Crippen LogP contribution in [0.2, 0.25) is 0 Å². The van der Waals surface area contributed by atoms with Gasteiger partial charge in [-0.2, -0.15) is 0 Å². The third-order valence-corrected chi connectivity index (χ3v) is 9.52. The van der Waals surface area contributed by atoms with Gasteiger partial charge in [0.15, 0.2) is 0 Å². The highest BCUT2D eigenvalue weighted by atomic mass is 19.1. The van der Waals surface area contributed by atoms with Crippen LogP contribution in [0.3, 0.4) is 0 Å². The van der Waals surface area contributed by atoms with Crippen molar-refractivity contribution in [1.29, 1.82) is 0 Å². The van der Waals surface area contributed by atoms with E-state index in [0.29, 0.717) is 62.5 Å². The smallest absolute Gasteiger partial charge is 0.253 e. The molecule has 0 radical (unpaired) electrons. The minimum Gasteiger partial charge on any atom is -0.391 e. The second kappa shape index (κ2) is 21.6. The maximum atomic E-state index is 14.1. The number of benzene rings is 2. The van der Waals surface area contributed by atoms with Gasteiger partial charge < -0.3 is 30.4 Å². The lowest BCUT2D eigenvalue weighted by molar-refractivity contribution is -0.133. The molecule has 288 valence electrons. The molecule has 4 amide bonds. The molecule has 1 heterocycles. The largest absolute Gasteiger partial charge is 0.391 e. The summed E-state index contributed by atoms with van der Waals surface area (Å²) in [6, 6.07) is 7.03. The molecule has 2 aromatic rings. The van der Waals surface area contributed by atoms with Gasteiger partial charge in [0.25, 0.3) is 11.8 Å². The van der Waals surface area contributed by atoms with Gasteiger partial charge in [-0.25, -0.2) is 8.78 Å². The maximum Gasteiger partial charge on any atom is 0.253 e. The number of aliphatic hydroxyl groups is 1. The van der Waals surface area contributed by atoms with Crippen LogP contribution in [0.1, 0.15) is 103 Å². The first kappa shape index (κ1) is 42.5. The summed E-state index contributed by atoms with van der Waals surface area (Å²) < 4.78 is 28.2. The summed E-state index contributed by atoms with van der Waals surface area (Å²) >= 11 is 0. The van der Waals surface area contributed by atoms with E-state index in [9.17, 15) is 33.1 Å². The first-order valence-corrected chi connectivity index (χ1v) is 18.8. The zero-order valence-corrected chi connectivity index (χ0v) is 31.7. The fraction of sp³-hybridized carbons (Fsp3) is 0.600. The molecule has 12 heteroatoms. The average molecular weight is 728 g/mol. The summed E-state index contributed by atoms with van der Waals surface area (Å²) in [5, 5.41) is 16.9. The monoisotopic (exact) mass is 727 g/mol. The molecule has 0 unspecified atom stereocenters. The summed E-state index contributed by atoms with van der Waals surface area (Å²) in [7, 11) is 3.99. The summed E-state index contributed by atoms with van der Waals surface area (Å²) in [5.74, 6) is -1.87. The van der Waals surface area contributed by atoms with Gasteiger partial charge in [-0.1, -0.05) is 13.8 Å². The van der Waals surface area contributed by atoms with Crippen LogP contribution < -0.4 is 10.6 Å². The van der Waals surface area contributed by atoms with Gasteiger partial charge in [0, 0.05) is 62.8 Å². The van der Waals surface area contributed by atoms with E-state index in [1.165, 1.54) is 6.07 Å². The molecule has 2 aromatic carbocycles. The van der Waals surface area contributed by atoms with Crippen molar-refractivity contribution in [2.24, 2.45) is 5.92 Å². The fourth-order valence-corrected chi connectivity index (χ4v) is 6.75. The van der Waals surface area contributed by atoms with Gasteiger partial charge in [-0.05, 0) is 126 Å². The third kappa shape index (κ3) is 14.3. The van der Waals surface area contributed by atoms with Gasteiger partial charge in [0.05, 0.1) is 12.1 Å². The molecule has 0 bridgehead atoms. The molecule has 0 spiro atoms. The second-order valence-electron chi connectivity index (χ2n) is 14.4. The molecule has 0 saturated carbocycles. The second-order valence-corrected chi connectivity index (χ2v) is 14.4. The van der Waals surface area contributed by atoms with Crippen molar-refractivity contribution < 1.29 is 33.1 Å². The number of amides is 4. The molecule has 10 nitrogen and oxygen atoms in total. The number of nitrogens with one attached hydrogen (secondary N) is 2. The average Bonchev–Trinajstić information content (AvgIpc) is 3.09. The highest BCUT2D eigenvalue weighted by Gasteiger charge is 2.26. The zero-order valence-electron chi connectivity index (χ0n) is 31.7. The number of halogens is 2. The topological polar surface area (TPSA) is 122 Å². The Morgan fingerprint density at radius 3 is 2.15 bits per heavy atom. The molecule has 3 rings (SSSR count). The molecular formula is C40H59F2N5O5. The predicted molar refractivity (Wildman–Crippen MR) is 199 cm³/mol. The van der Waals surface area contributed by atoms with E-state index in [0.717, 1.165) is 56.8 Å². The van der Waals surface area contributed by atoms with Crippen LogP contribution in [0.4, 0.5) is 8.78 Å². The minimum absolute atomic E-state index is 0.0647. The highest BCUT2D eigenvalue weighted by molar-refractivity contribution is 6.00. The Bertz CT molecular complexity index is 1450. The van der Waals surface area contributed by atoms with Crippen LogP contribution in [0.5, 0.6) is 0 Å². The Kier molecular flexibility index (Phi) is 17.6. The molecule has 3 N–H and O–H groups in total. The molecular weight excluding hydrogens is 668 g/mol. The molecule has 1 fully saturated rings. The molecule has 1 aliphatic heterocycles. The number of carbonyl (C=O) groups excluding carboxylic acids is 4. The Labute approximate surface area is 308 Å². The van der Waals surface area contributed by atoms with Gasteiger partial charge >= 0.3 is 0 Å². The van der Waals surface area contributed by atoms with Crippen molar-refractivity contribution >= 4 is 23.6 Å². The van der Waals surface area contributed by atoms with E-state index in [1.54, 1.807) is 24.0 Å². The molecule has 0 aromatic heterocycles. The van der Waals surface area contributed by atoms with Crippen LogP contribution >= 0.6 is 0 Å². The first-order valence-electron chi connectivity index (χ1n) is 18.8. The summed E-state index contributed by atoms with van der Waals surface area (Å²) in [6.07, 6.45) is 4.59. The van der Waals surface area contributed by atoms with Gasteiger partial charge in [0.1, 0.15) is 11.6 Å². The number of hydrogen-bond donors (Lipinski definition) is 3. The lowest BCUT2D eigenvalue weighted by atomic mass is 9.92. The van der Waals surface area contributed by atoms with Crippen LogP contribution in [0.15, 0.2) is 36.4 Å². The predicted octanol–water partition coefficient (Wildman–Crippen LogP) is 5.10. The van der Waals surface area contributed by atoms with Crippen LogP contribution in [0, 0.1) is 24.5 Å². The molecule has 1 aliphatic rings. The Morgan fingerprint density at radius 1 is 0.904 bits per heavy atom. The number of carbonyl (C=O) groups is 4. The number of nitrogens with zero attached hydrogens (tertiary/aromatic N) is 3. The SMILES string of the molecule is CCCN(CCC)C(=O)c1cc(C)cc(C(=O)N[C@H](Cc2cc(F)cc(F)c2)[C@@H](O)CCNC(=O)CCC2CCN(C(=O)CCCN(C)C)CC2)c1. The highest BCUT2D eigenvalue weighted by Crippen LogP contribution is 2.23. The summed E-state index contributed by atoms with van der Waals surface area (Å²) in [6.45, 7) is 9.40. The van der Waals surface area contributed by atoms with Gasteiger partial charge in [-0.15, -0.1) is 0 Å². The molecule has 52 heavy (non-hydrogen) atoms. The van der Waals surface area contributed by atoms with E-state index in [2.05, 4.69) is 15.5 Å². The normalized spacial score (nSPS) is 14.6. The first-order chi connectivity index (χ1) is 24.8. The minimum atomic E-state index is -1.16. The van der Waals surface area contributed by atoms with Crippen LogP contribution in [0.25, 0.3) is 0 Å². The number of hydrogen-bond acceptors (Lipinski definition) is 6. The van der Waals surface area contributed by atoms with E-state index in [4.69, 9.17) is 0 Å². The van der Waals surface area contributed by atoms with Crippen molar-refractivity contribution in [2.45, 2.75) is 97.1 Å². The number of aliphatic hydroxyl groups excluding tert-OH is 1.